The van der Waals surface area contributed by atoms with Crippen molar-refractivity contribution in [2.75, 3.05) is 5.73 Å². The summed E-state index contributed by atoms with van der Waals surface area (Å²) in [5.41, 5.74) is 6.24. The summed E-state index contributed by atoms with van der Waals surface area (Å²) in [6, 6.07) is 4.32. The molecule has 0 spiro atoms. The topological polar surface area (TPSA) is 78.4 Å². The van der Waals surface area contributed by atoms with E-state index in [1.165, 1.54) is 24.6 Å². The Morgan fingerprint density at radius 3 is 2.65 bits per heavy atom. The summed E-state index contributed by atoms with van der Waals surface area (Å²) in [4.78, 5) is 10.2. The van der Waals surface area contributed by atoms with Crippen molar-refractivity contribution in [2.24, 2.45) is 0 Å². The molecule has 92 valence electrons. The quantitative estimate of drug-likeness (QED) is 0.497. The Kier molecular flexibility index (Phi) is 3.46. The maximum atomic E-state index is 10.7. The maximum absolute atomic E-state index is 10.7. The van der Waals surface area contributed by atoms with Gasteiger partial charge in [0.05, 0.1) is 22.8 Å². The van der Waals surface area contributed by atoms with Crippen molar-refractivity contribution in [1.82, 2.24) is 0 Å². The molecule has 1 aromatic carbocycles. The van der Waals surface area contributed by atoms with Crippen LogP contribution in [-0.4, -0.2) is 11.0 Å². The Morgan fingerprint density at radius 1 is 1.29 bits per heavy atom. The summed E-state index contributed by atoms with van der Waals surface area (Å²) in [5, 5.41) is 10.7. The Balaban J connectivity index is 2.13. The van der Waals surface area contributed by atoms with Crippen LogP contribution in [0.1, 0.15) is 32.1 Å². The number of rotatable bonds is 3. The highest BCUT2D eigenvalue weighted by molar-refractivity contribution is 5.57. The zero-order valence-electron chi connectivity index (χ0n) is 9.59. The molecule has 0 saturated heterocycles. The molecule has 5 nitrogen and oxygen atoms in total. The number of ether oxygens (including phenoxy) is 1. The van der Waals surface area contributed by atoms with Crippen LogP contribution in [0.3, 0.4) is 0 Å². The Bertz CT molecular complexity index is 414. The fourth-order valence-corrected chi connectivity index (χ4v) is 2.10. The molecule has 1 aliphatic carbocycles. The molecule has 17 heavy (non-hydrogen) atoms. The van der Waals surface area contributed by atoms with Crippen molar-refractivity contribution in [3.05, 3.63) is 28.3 Å². The van der Waals surface area contributed by atoms with Gasteiger partial charge in [-0.05, 0) is 31.7 Å². The smallest absolute Gasteiger partial charge is 0.273 e. The molecule has 0 aliphatic heterocycles. The number of benzene rings is 1. The minimum atomic E-state index is -0.437. The monoisotopic (exact) mass is 236 g/mol. The predicted octanol–water partition coefficient (Wildman–Crippen LogP) is 2.89. The third-order valence-corrected chi connectivity index (χ3v) is 3.05. The normalized spacial score (nSPS) is 16.7. The second kappa shape index (κ2) is 5.03. The van der Waals surface area contributed by atoms with E-state index in [9.17, 15) is 10.1 Å². The third-order valence-electron chi connectivity index (χ3n) is 3.05. The molecule has 1 aliphatic rings. The van der Waals surface area contributed by atoms with Gasteiger partial charge in [0, 0.05) is 6.07 Å². The summed E-state index contributed by atoms with van der Waals surface area (Å²) in [7, 11) is 0. The SMILES string of the molecule is Nc1ccc([N+](=O)[O-])cc1OC1CCCCC1. The van der Waals surface area contributed by atoms with Crippen LogP contribution in [0.5, 0.6) is 5.75 Å². The van der Waals surface area contributed by atoms with Gasteiger partial charge in [-0.25, -0.2) is 0 Å². The molecule has 2 rings (SSSR count). The van der Waals surface area contributed by atoms with Gasteiger partial charge in [-0.3, -0.25) is 10.1 Å². The van der Waals surface area contributed by atoms with Gasteiger partial charge in [-0.1, -0.05) is 6.42 Å². The molecule has 1 saturated carbocycles. The summed E-state index contributed by atoms with van der Waals surface area (Å²) < 4.78 is 5.75. The molecular weight excluding hydrogens is 220 g/mol. The van der Waals surface area contributed by atoms with Crippen LogP contribution in [0.25, 0.3) is 0 Å². The predicted molar refractivity (Wildman–Crippen MR) is 65.0 cm³/mol. The average molecular weight is 236 g/mol. The average Bonchev–Trinajstić information content (AvgIpc) is 2.33. The molecule has 0 amide bonds. The van der Waals surface area contributed by atoms with Crippen molar-refractivity contribution in [1.29, 1.82) is 0 Å². The second-order valence-electron chi connectivity index (χ2n) is 4.36. The van der Waals surface area contributed by atoms with E-state index in [-0.39, 0.29) is 11.8 Å². The van der Waals surface area contributed by atoms with Crippen molar-refractivity contribution in [2.45, 2.75) is 38.2 Å². The lowest BCUT2D eigenvalue weighted by Gasteiger charge is -2.23. The first-order valence-corrected chi connectivity index (χ1v) is 5.87. The molecular formula is C12H16N2O3. The molecule has 0 aromatic heterocycles. The summed E-state index contributed by atoms with van der Waals surface area (Å²) >= 11 is 0. The number of nitro groups is 1. The molecule has 2 N–H and O–H groups in total. The van der Waals surface area contributed by atoms with E-state index in [4.69, 9.17) is 10.5 Å². The number of nitrogens with zero attached hydrogens (tertiary/aromatic N) is 1. The van der Waals surface area contributed by atoms with E-state index in [0.717, 1.165) is 25.7 Å². The number of nitro benzene ring substituents is 1. The van der Waals surface area contributed by atoms with Gasteiger partial charge in [-0.15, -0.1) is 0 Å². The third kappa shape index (κ3) is 2.87. The van der Waals surface area contributed by atoms with E-state index in [0.29, 0.717) is 11.4 Å². The number of hydrogen-bond acceptors (Lipinski definition) is 4. The number of non-ortho nitro benzene ring substituents is 1. The molecule has 0 heterocycles. The molecule has 0 unspecified atom stereocenters. The number of nitrogen functional groups attached to an aromatic ring is 1. The molecule has 0 radical (unpaired) electrons. The lowest BCUT2D eigenvalue weighted by atomic mass is 9.98. The Labute approximate surface area is 99.7 Å². The fraction of sp³-hybridized carbons (Fsp3) is 0.500. The lowest BCUT2D eigenvalue weighted by Crippen LogP contribution is -2.20. The zero-order chi connectivity index (χ0) is 12.3. The highest BCUT2D eigenvalue weighted by Crippen LogP contribution is 2.30. The lowest BCUT2D eigenvalue weighted by molar-refractivity contribution is -0.384. The summed E-state index contributed by atoms with van der Waals surface area (Å²) in [6.07, 6.45) is 5.70. The zero-order valence-corrected chi connectivity index (χ0v) is 9.59. The molecule has 1 aromatic rings. The first kappa shape index (κ1) is 11.7. The minimum absolute atomic E-state index is 0.0185. The van der Waals surface area contributed by atoms with E-state index in [2.05, 4.69) is 0 Å². The van der Waals surface area contributed by atoms with Crippen LogP contribution in [0.2, 0.25) is 0 Å². The van der Waals surface area contributed by atoms with Crippen molar-refractivity contribution in [3.8, 4) is 5.75 Å². The van der Waals surface area contributed by atoms with Gasteiger partial charge in [0.2, 0.25) is 0 Å². The van der Waals surface area contributed by atoms with Gasteiger partial charge in [-0.2, -0.15) is 0 Å². The molecule has 1 fully saturated rings. The number of hydrogen-bond donors (Lipinski definition) is 1. The van der Waals surface area contributed by atoms with E-state index >= 15 is 0 Å². The van der Waals surface area contributed by atoms with Crippen LogP contribution in [0.4, 0.5) is 11.4 Å². The maximum Gasteiger partial charge on any atom is 0.273 e. The number of anilines is 1. The largest absolute Gasteiger partial charge is 0.488 e. The minimum Gasteiger partial charge on any atom is -0.488 e. The van der Waals surface area contributed by atoms with Crippen LogP contribution >= 0.6 is 0 Å². The van der Waals surface area contributed by atoms with Crippen molar-refractivity contribution in [3.63, 3.8) is 0 Å². The second-order valence-corrected chi connectivity index (χ2v) is 4.36. The first-order chi connectivity index (χ1) is 8.16. The Hall–Kier alpha value is -1.78. The van der Waals surface area contributed by atoms with Crippen LogP contribution in [0.15, 0.2) is 18.2 Å². The molecule has 5 heteroatoms. The van der Waals surface area contributed by atoms with Crippen LogP contribution in [0, 0.1) is 10.1 Å². The van der Waals surface area contributed by atoms with Gasteiger partial charge in [0.1, 0.15) is 5.75 Å². The van der Waals surface area contributed by atoms with Gasteiger partial charge < -0.3 is 10.5 Å². The standard InChI is InChI=1S/C12H16N2O3/c13-11-7-6-9(14(15)16)8-12(11)17-10-4-2-1-3-5-10/h6-8,10H,1-5,13H2. The Morgan fingerprint density at radius 2 is 2.00 bits per heavy atom. The highest BCUT2D eigenvalue weighted by atomic mass is 16.6. The van der Waals surface area contributed by atoms with Gasteiger partial charge in [0.15, 0.2) is 0 Å². The summed E-state index contributed by atoms with van der Waals surface area (Å²) in [5.74, 6) is 0.436. The van der Waals surface area contributed by atoms with Gasteiger partial charge >= 0.3 is 0 Å². The highest BCUT2D eigenvalue weighted by Gasteiger charge is 2.17. The summed E-state index contributed by atoms with van der Waals surface area (Å²) in [6.45, 7) is 0. The van der Waals surface area contributed by atoms with Crippen molar-refractivity contribution >= 4 is 11.4 Å². The number of nitrogens with two attached hydrogens (primary N) is 1. The van der Waals surface area contributed by atoms with Crippen LogP contribution < -0.4 is 10.5 Å². The van der Waals surface area contributed by atoms with Crippen molar-refractivity contribution < 1.29 is 9.66 Å². The first-order valence-electron chi connectivity index (χ1n) is 5.87. The van der Waals surface area contributed by atoms with Crippen LogP contribution in [-0.2, 0) is 0 Å². The van der Waals surface area contributed by atoms with E-state index in [1.807, 2.05) is 0 Å². The fourth-order valence-electron chi connectivity index (χ4n) is 2.10. The molecule has 0 bridgehead atoms. The molecule has 0 atom stereocenters. The van der Waals surface area contributed by atoms with E-state index in [1.54, 1.807) is 0 Å². The van der Waals surface area contributed by atoms with E-state index < -0.39 is 4.92 Å². The van der Waals surface area contributed by atoms with Gasteiger partial charge in [0.25, 0.3) is 5.69 Å².